The molecule has 0 heterocycles. The highest BCUT2D eigenvalue weighted by Gasteiger charge is 2.28. The SMILES string of the molecule is Fc1cccc(OCC(F)(F)F)c1Br. The van der Waals surface area contributed by atoms with E-state index in [0.29, 0.717) is 0 Å². The summed E-state index contributed by atoms with van der Waals surface area (Å²) in [5.41, 5.74) is 0. The lowest BCUT2D eigenvalue weighted by Crippen LogP contribution is -2.19. The zero-order valence-electron chi connectivity index (χ0n) is 6.74. The summed E-state index contributed by atoms with van der Waals surface area (Å²) in [6.45, 7) is -1.44. The zero-order chi connectivity index (χ0) is 10.8. The van der Waals surface area contributed by atoms with Gasteiger partial charge in [0.15, 0.2) is 6.61 Å². The Kier molecular flexibility index (Phi) is 3.36. The third-order valence-electron chi connectivity index (χ3n) is 1.31. The molecule has 78 valence electrons. The van der Waals surface area contributed by atoms with E-state index in [1.54, 1.807) is 0 Å². The number of ether oxygens (including phenoxy) is 1. The molecule has 0 spiro atoms. The number of alkyl halides is 3. The normalized spacial score (nSPS) is 11.5. The summed E-state index contributed by atoms with van der Waals surface area (Å²) in [5.74, 6) is -0.827. The Bertz CT molecular complexity index is 324. The van der Waals surface area contributed by atoms with Crippen LogP contribution in [0.1, 0.15) is 0 Å². The molecule has 0 saturated heterocycles. The van der Waals surface area contributed by atoms with E-state index in [4.69, 9.17) is 0 Å². The summed E-state index contributed by atoms with van der Waals surface area (Å²) in [6.07, 6.45) is -4.42. The minimum Gasteiger partial charge on any atom is -0.483 e. The summed E-state index contributed by atoms with van der Waals surface area (Å²) >= 11 is 2.78. The highest BCUT2D eigenvalue weighted by Crippen LogP contribution is 2.28. The number of rotatable bonds is 2. The molecule has 6 heteroatoms. The maximum atomic E-state index is 12.8. The number of halogens is 5. The Morgan fingerprint density at radius 2 is 1.93 bits per heavy atom. The van der Waals surface area contributed by atoms with Crippen molar-refractivity contribution >= 4 is 15.9 Å². The van der Waals surface area contributed by atoms with Gasteiger partial charge >= 0.3 is 6.18 Å². The Labute approximate surface area is 85.8 Å². The van der Waals surface area contributed by atoms with Crippen LogP contribution in [0.5, 0.6) is 5.75 Å². The van der Waals surface area contributed by atoms with Gasteiger partial charge in [-0.2, -0.15) is 13.2 Å². The molecule has 0 aliphatic carbocycles. The van der Waals surface area contributed by atoms with Crippen molar-refractivity contribution in [1.29, 1.82) is 0 Å². The van der Waals surface area contributed by atoms with Crippen LogP contribution in [-0.2, 0) is 0 Å². The first kappa shape index (κ1) is 11.3. The lowest BCUT2D eigenvalue weighted by atomic mass is 10.3. The summed E-state index contributed by atoms with van der Waals surface area (Å²) in [5, 5.41) is 0. The molecular formula is C8H5BrF4O. The van der Waals surface area contributed by atoms with E-state index < -0.39 is 18.6 Å². The van der Waals surface area contributed by atoms with Gasteiger partial charge in [0, 0.05) is 0 Å². The Morgan fingerprint density at radius 3 is 2.50 bits per heavy atom. The van der Waals surface area contributed by atoms with Crippen molar-refractivity contribution < 1.29 is 22.3 Å². The molecule has 1 nitrogen and oxygen atoms in total. The van der Waals surface area contributed by atoms with Crippen molar-refractivity contribution in [2.45, 2.75) is 6.18 Å². The van der Waals surface area contributed by atoms with E-state index in [1.165, 1.54) is 12.1 Å². The second kappa shape index (κ2) is 4.16. The van der Waals surface area contributed by atoms with Gasteiger partial charge in [-0.15, -0.1) is 0 Å². The molecule has 1 aromatic carbocycles. The molecule has 0 fully saturated rings. The summed E-state index contributed by atoms with van der Waals surface area (Å²) in [7, 11) is 0. The van der Waals surface area contributed by atoms with E-state index in [2.05, 4.69) is 20.7 Å². The Hall–Kier alpha value is -0.780. The van der Waals surface area contributed by atoms with E-state index >= 15 is 0 Å². The second-order valence-electron chi connectivity index (χ2n) is 2.46. The Balaban J connectivity index is 2.73. The van der Waals surface area contributed by atoms with Gasteiger partial charge in [0.05, 0.1) is 4.47 Å². The second-order valence-corrected chi connectivity index (χ2v) is 3.25. The largest absolute Gasteiger partial charge is 0.483 e. The summed E-state index contributed by atoms with van der Waals surface area (Å²) in [6, 6.07) is 3.63. The first-order valence-corrected chi connectivity index (χ1v) is 4.33. The average molecular weight is 273 g/mol. The first-order valence-electron chi connectivity index (χ1n) is 3.54. The van der Waals surface area contributed by atoms with Crippen molar-refractivity contribution in [3.05, 3.63) is 28.5 Å². The van der Waals surface area contributed by atoms with Crippen molar-refractivity contribution in [2.75, 3.05) is 6.61 Å². The molecule has 0 amide bonds. The van der Waals surface area contributed by atoms with Gasteiger partial charge in [0.2, 0.25) is 0 Å². The third kappa shape index (κ3) is 3.17. The van der Waals surface area contributed by atoms with Crippen LogP contribution >= 0.6 is 15.9 Å². The van der Waals surface area contributed by atoms with Gasteiger partial charge < -0.3 is 4.74 Å². The molecule has 0 aromatic heterocycles. The molecule has 0 bridgehead atoms. The molecule has 1 rings (SSSR count). The first-order chi connectivity index (χ1) is 6.40. The molecule has 0 aliphatic heterocycles. The standard InChI is InChI=1S/C8H5BrF4O/c9-7-5(10)2-1-3-6(7)14-4-8(11,12)13/h1-3H,4H2. The van der Waals surface area contributed by atoms with Crippen molar-refractivity contribution in [2.24, 2.45) is 0 Å². The fraction of sp³-hybridized carbons (Fsp3) is 0.250. The smallest absolute Gasteiger partial charge is 0.422 e. The number of hydrogen-bond donors (Lipinski definition) is 0. The lowest BCUT2D eigenvalue weighted by Gasteiger charge is -2.10. The molecule has 0 unspecified atom stereocenters. The Morgan fingerprint density at radius 1 is 1.29 bits per heavy atom. The molecule has 0 aliphatic rings. The van der Waals surface area contributed by atoms with Crippen LogP contribution in [0.3, 0.4) is 0 Å². The molecular weight excluding hydrogens is 268 g/mol. The third-order valence-corrected chi connectivity index (χ3v) is 2.08. The van der Waals surface area contributed by atoms with Gasteiger partial charge in [0.1, 0.15) is 11.6 Å². The van der Waals surface area contributed by atoms with Crippen LogP contribution in [0.25, 0.3) is 0 Å². The number of hydrogen-bond acceptors (Lipinski definition) is 1. The van der Waals surface area contributed by atoms with Crippen LogP contribution < -0.4 is 4.74 Å². The van der Waals surface area contributed by atoms with Crippen LogP contribution in [0, 0.1) is 5.82 Å². The zero-order valence-corrected chi connectivity index (χ0v) is 8.32. The van der Waals surface area contributed by atoms with E-state index in [-0.39, 0.29) is 10.2 Å². The van der Waals surface area contributed by atoms with Crippen LogP contribution in [-0.4, -0.2) is 12.8 Å². The predicted octanol–water partition coefficient (Wildman–Crippen LogP) is 3.53. The molecule has 0 N–H and O–H groups in total. The van der Waals surface area contributed by atoms with Crippen LogP contribution in [0.4, 0.5) is 17.6 Å². The highest BCUT2D eigenvalue weighted by molar-refractivity contribution is 9.10. The van der Waals surface area contributed by atoms with Gasteiger partial charge in [0.25, 0.3) is 0 Å². The van der Waals surface area contributed by atoms with E-state index in [1.807, 2.05) is 0 Å². The van der Waals surface area contributed by atoms with Gasteiger partial charge in [-0.05, 0) is 28.1 Å². The van der Waals surface area contributed by atoms with Crippen molar-refractivity contribution in [3.8, 4) is 5.75 Å². The summed E-state index contributed by atoms with van der Waals surface area (Å²) in [4.78, 5) is 0. The molecule has 1 aromatic rings. The predicted molar refractivity (Wildman–Crippen MR) is 45.7 cm³/mol. The van der Waals surface area contributed by atoms with E-state index in [9.17, 15) is 17.6 Å². The topological polar surface area (TPSA) is 9.23 Å². The fourth-order valence-electron chi connectivity index (χ4n) is 0.755. The number of benzene rings is 1. The minimum absolute atomic E-state index is 0.107. The molecule has 0 saturated carbocycles. The van der Waals surface area contributed by atoms with Crippen LogP contribution in [0.2, 0.25) is 0 Å². The average Bonchev–Trinajstić information content (AvgIpc) is 2.06. The van der Waals surface area contributed by atoms with Gasteiger partial charge in [-0.3, -0.25) is 0 Å². The van der Waals surface area contributed by atoms with E-state index in [0.717, 1.165) is 6.07 Å². The lowest BCUT2D eigenvalue weighted by molar-refractivity contribution is -0.153. The quantitative estimate of drug-likeness (QED) is 0.749. The minimum atomic E-state index is -4.42. The molecule has 0 radical (unpaired) electrons. The molecule has 0 atom stereocenters. The van der Waals surface area contributed by atoms with Gasteiger partial charge in [-0.25, -0.2) is 4.39 Å². The maximum Gasteiger partial charge on any atom is 0.422 e. The van der Waals surface area contributed by atoms with Gasteiger partial charge in [-0.1, -0.05) is 6.07 Å². The van der Waals surface area contributed by atoms with Crippen LogP contribution in [0.15, 0.2) is 22.7 Å². The van der Waals surface area contributed by atoms with Crippen molar-refractivity contribution in [1.82, 2.24) is 0 Å². The summed E-state index contributed by atoms with van der Waals surface area (Å²) < 4.78 is 52.3. The maximum absolute atomic E-state index is 12.8. The van der Waals surface area contributed by atoms with Crippen molar-refractivity contribution in [3.63, 3.8) is 0 Å². The fourth-order valence-corrected chi connectivity index (χ4v) is 1.13. The monoisotopic (exact) mass is 272 g/mol. The highest BCUT2D eigenvalue weighted by atomic mass is 79.9. The molecule has 14 heavy (non-hydrogen) atoms.